The third-order valence-corrected chi connectivity index (χ3v) is 4.11. The van der Waals surface area contributed by atoms with E-state index >= 15 is 0 Å². The molecule has 1 amide bonds. The molecule has 1 aromatic heterocycles. The van der Waals surface area contributed by atoms with Crippen molar-refractivity contribution < 1.29 is 14.3 Å². The number of nitrogens with zero attached hydrogens (tertiary/aromatic N) is 2. The number of esters is 1. The van der Waals surface area contributed by atoms with Gasteiger partial charge in [-0.15, -0.1) is 0 Å². The van der Waals surface area contributed by atoms with Crippen molar-refractivity contribution in [3.8, 4) is 5.69 Å². The molecule has 0 aliphatic carbocycles. The number of amides is 1. The van der Waals surface area contributed by atoms with Crippen molar-refractivity contribution in [2.75, 3.05) is 11.9 Å². The molecule has 0 aliphatic rings. The molecule has 1 heterocycles. The highest BCUT2D eigenvalue weighted by atomic mass is 16.5. The van der Waals surface area contributed by atoms with Crippen LogP contribution < -0.4 is 4.90 Å². The van der Waals surface area contributed by atoms with Gasteiger partial charge in [0.1, 0.15) is 0 Å². The molecule has 0 bridgehead atoms. The van der Waals surface area contributed by atoms with Crippen LogP contribution in [0, 0.1) is 0 Å². The van der Waals surface area contributed by atoms with E-state index in [1.807, 2.05) is 71.6 Å². The number of anilines is 1. The Morgan fingerprint density at radius 1 is 0.923 bits per heavy atom. The van der Waals surface area contributed by atoms with Gasteiger partial charge in [0.05, 0.1) is 5.56 Å². The van der Waals surface area contributed by atoms with Crippen LogP contribution in [0.25, 0.3) is 5.69 Å². The van der Waals surface area contributed by atoms with Crippen LogP contribution in [0.3, 0.4) is 0 Å². The first-order valence-corrected chi connectivity index (χ1v) is 8.33. The summed E-state index contributed by atoms with van der Waals surface area (Å²) in [7, 11) is 1.66. The van der Waals surface area contributed by atoms with E-state index in [0.29, 0.717) is 5.56 Å². The summed E-state index contributed by atoms with van der Waals surface area (Å²) in [5.41, 5.74) is 2.10. The zero-order valence-corrected chi connectivity index (χ0v) is 14.7. The summed E-state index contributed by atoms with van der Waals surface area (Å²) in [5, 5.41) is 0. The summed E-state index contributed by atoms with van der Waals surface area (Å²) in [6, 6.07) is 20.1. The van der Waals surface area contributed by atoms with Crippen LogP contribution in [0.1, 0.15) is 17.3 Å². The molecule has 5 nitrogen and oxygen atoms in total. The van der Waals surface area contributed by atoms with Gasteiger partial charge in [0.15, 0.2) is 6.10 Å². The van der Waals surface area contributed by atoms with Gasteiger partial charge in [0.2, 0.25) is 0 Å². The van der Waals surface area contributed by atoms with Crippen LogP contribution in [0.15, 0.2) is 79.1 Å². The third-order valence-electron chi connectivity index (χ3n) is 4.11. The Balaban J connectivity index is 1.64. The molecule has 0 saturated heterocycles. The minimum atomic E-state index is -0.878. The molecule has 0 N–H and O–H groups in total. The van der Waals surface area contributed by atoms with E-state index < -0.39 is 12.1 Å². The number of likely N-dealkylation sites (N-methyl/N-ethyl adjacent to an activating group) is 1. The van der Waals surface area contributed by atoms with Crippen molar-refractivity contribution in [2.24, 2.45) is 0 Å². The van der Waals surface area contributed by atoms with Gasteiger partial charge in [0, 0.05) is 30.8 Å². The SMILES string of the molecule is CC(OC(=O)c1ccc(-n2cccc2)cc1)C(=O)N(C)c1ccccc1. The molecule has 0 spiro atoms. The molecule has 26 heavy (non-hydrogen) atoms. The lowest BCUT2D eigenvalue weighted by atomic mass is 10.2. The van der Waals surface area contributed by atoms with Crippen molar-refractivity contribution in [3.05, 3.63) is 84.7 Å². The lowest BCUT2D eigenvalue weighted by molar-refractivity contribution is -0.126. The first-order valence-electron chi connectivity index (χ1n) is 8.33. The topological polar surface area (TPSA) is 51.5 Å². The summed E-state index contributed by atoms with van der Waals surface area (Å²) in [4.78, 5) is 26.3. The first kappa shape index (κ1) is 17.5. The van der Waals surface area contributed by atoms with Gasteiger partial charge in [0.25, 0.3) is 5.91 Å². The largest absolute Gasteiger partial charge is 0.449 e. The van der Waals surface area contributed by atoms with Crippen molar-refractivity contribution in [2.45, 2.75) is 13.0 Å². The fourth-order valence-electron chi connectivity index (χ4n) is 2.61. The van der Waals surface area contributed by atoms with E-state index in [2.05, 4.69) is 0 Å². The predicted molar refractivity (Wildman–Crippen MR) is 100 cm³/mol. The molecule has 3 aromatic rings. The molecule has 5 heteroatoms. The van der Waals surface area contributed by atoms with Gasteiger partial charge in [-0.2, -0.15) is 0 Å². The Kier molecular flexibility index (Phi) is 5.17. The number of carbonyl (C=O) groups excluding carboxylic acids is 2. The van der Waals surface area contributed by atoms with Crippen LogP contribution in [0.4, 0.5) is 5.69 Å². The van der Waals surface area contributed by atoms with Crippen molar-refractivity contribution in [1.29, 1.82) is 0 Å². The number of hydrogen-bond acceptors (Lipinski definition) is 3. The fourth-order valence-corrected chi connectivity index (χ4v) is 2.61. The number of para-hydroxylation sites is 1. The van der Waals surface area contributed by atoms with Crippen molar-refractivity contribution in [3.63, 3.8) is 0 Å². The fraction of sp³-hybridized carbons (Fsp3) is 0.143. The standard InChI is InChI=1S/C21H20N2O3/c1-16(20(24)22(2)18-8-4-3-5-9-18)26-21(25)17-10-12-19(13-11-17)23-14-6-7-15-23/h3-16H,1-2H3. The molecule has 2 aromatic carbocycles. The van der Waals surface area contributed by atoms with Gasteiger partial charge >= 0.3 is 5.97 Å². The smallest absolute Gasteiger partial charge is 0.338 e. The second kappa shape index (κ2) is 7.70. The highest BCUT2D eigenvalue weighted by Crippen LogP contribution is 2.15. The Hall–Kier alpha value is -3.34. The van der Waals surface area contributed by atoms with Gasteiger partial charge in [-0.05, 0) is 55.5 Å². The summed E-state index contributed by atoms with van der Waals surface area (Å²) >= 11 is 0. The maximum absolute atomic E-state index is 12.5. The minimum absolute atomic E-state index is 0.284. The Morgan fingerprint density at radius 3 is 2.15 bits per heavy atom. The molecule has 0 fully saturated rings. The van der Waals surface area contributed by atoms with Crippen LogP contribution >= 0.6 is 0 Å². The minimum Gasteiger partial charge on any atom is -0.449 e. The number of hydrogen-bond donors (Lipinski definition) is 0. The second-order valence-electron chi connectivity index (χ2n) is 5.92. The van der Waals surface area contributed by atoms with Crippen LogP contribution in [0.2, 0.25) is 0 Å². The lowest BCUT2D eigenvalue weighted by Crippen LogP contribution is -2.37. The van der Waals surface area contributed by atoms with E-state index in [0.717, 1.165) is 11.4 Å². The number of ether oxygens (including phenoxy) is 1. The summed E-state index contributed by atoms with van der Waals surface area (Å²) in [6.45, 7) is 1.58. The average Bonchev–Trinajstić information content (AvgIpc) is 3.22. The molecule has 1 unspecified atom stereocenters. The van der Waals surface area contributed by atoms with E-state index in [4.69, 9.17) is 4.74 Å². The normalized spacial score (nSPS) is 11.6. The molecule has 0 aliphatic heterocycles. The average molecular weight is 348 g/mol. The molecule has 0 saturated carbocycles. The van der Waals surface area contributed by atoms with Crippen LogP contribution in [-0.4, -0.2) is 29.6 Å². The summed E-state index contributed by atoms with van der Waals surface area (Å²) in [6.07, 6.45) is 2.97. The number of aromatic nitrogens is 1. The molecular weight excluding hydrogens is 328 g/mol. The second-order valence-corrected chi connectivity index (χ2v) is 5.92. The van der Waals surface area contributed by atoms with Crippen molar-refractivity contribution >= 4 is 17.6 Å². The first-order chi connectivity index (χ1) is 12.6. The van der Waals surface area contributed by atoms with Crippen LogP contribution in [0.5, 0.6) is 0 Å². The van der Waals surface area contributed by atoms with E-state index in [9.17, 15) is 9.59 Å². The Bertz CT molecular complexity index is 871. The molecule has 1 atom stereocenters. The molecule has 0 radical (unpaired) electrons. The Labute approximate surface area is 152 Å². The van der Waals surface area contributed by atoms with Gasteiger partial charge in [-0.25, -0.2) is 4.79 Å². The van der Waals surface area contributed by atoms with E-state index in [1.165, 1.54) is 4.90 Å². The quantitative estimate of drug-likeness (QED) is 0.661. The number of benzene rings is 2. The molecular formula is C21H20N2O3. The highest BCUT2D eigenvalue weighted by molar-refractivity contribution is 5.98. The number of rotatable bonds is 5. The number of carbonyl (C=O) groups is 2. The zero-order valence-electron chi connectivity index (χ0n) is 14.7. The molecule has 132 valence electrons. The van der Waals surface area contributed by atoms with Gasteiger partial charge in [-0.1, -0.05) is 18.2 Å². The summed E-state index contributed by atoms with van der Waals surface area (Å²) < 4.78 is 7.28. The van der Waals surface area contributed by atoms with Crippen molar-refractivity contribution in [1.82, 2.24) is 4.57 Å². The monoisotopic (exact) mass is 348 g/mol. The van der Waals surface area contributed by atoms with E-state index in [-0.39, 0.29) is 5.91 Å². The lowest BCUT2D eigenvalue weighted by Gasteiger charge is -2.21. The van der Waals surface area contributed by atoms with E-state index in [1.54, 1.807) is 26.1 Å². The summed E-state index contributed by atoms with van der Waals surface area (Å²) in [5.74, 6) is -0.806. The zero-order chi connectivity index (χ0) is 18.5. The van der Waals surface area contributed by atoms with Gasteiger partial charge in [-0.3, -0.25) is 4.79 Å². The van der Waals surface area contributed by atoms with Gasteiger partial charge < -0.3 is 14.2 Å². The van der Waals surface area contributed by atoms with Crippen LogP contribution in [-0.2, 0) is 9.53 Å². The third kappa shape index (κ3) is 3.83. The maximum atomic E-state index is 12.5. The highest BCUT2D eigenvalue weighted by Gasteiger charge is 2.23. The maximum Gasteiger partial charge on any atom is 0.338 e. The molecule has 3 rings (SSSR count). The Morgan fingerprint density at radius 2 is 1.54 bits per heavy atom. The predicted octanol–water partition coefficient (Wildman–Crippen LogP) is 3.69.